The molecule has 0 radical (unpaired) electrons. The van der Waals surface area contributed by atoms with Gasteiger partial charge in [0.15, 0.2) is 0 Å². The van der Waals surface area contributed by atoms with Gasteiger partial charge < -0.3 is 14.2 Å². The van der Waals surface area contributed by atoms with E-state index < -0.39 is 23.9 Å². The van der Waals surface area contributed by atoms with Crippen LogP contribution in [0.25, 0.3) is 43.8 Å². The van der Waals surface area contributed by atoms with Crippen LogP contribution in [0, 0.1) is 0 Å². The first-order valence-electron chi connectivity index (χ1n) is 13.5. The highest BCUT2D eigenvalue weighted by atomic mass is 16.6. The van der Waals surface area contributed by atoms with E-state index in [0.29, 0.717) is 11.5 Å². The smallest absolute Gasteiger partial charge is 0.347 e. The predicted octanol–water partition coefficient (Wildman–Crippen LogP) is 7.74. The number of esters is 4. The summed E-state index contributed by atoms with van der Waals surface area (Å²) in [5.74, 6) is -1.85. The molecule has 0 saturated heterocycles. The molecule has 0 spiro atoms. The third-order valence-corrected chi connectivity index (χ3v) is 7.87. The van der Waals surface area contributed by atoms with Crippen molar-refractivity contribution < 1.29 is 33.4 Å². The lowest BCUT2D eigenvalue weighted by atomic mass is 9.86. The fraction of sp³-hybridized carbons (Fsp3) is 0. The van der Waals surface area contributed by atoms with Crippen molar-refractivity contribution in [2.45, 2.75) is 0 Å². The Labute approximate surface area is 243 Å². The average molecular weight is 563 g/mol. The maximum Gasteiger partial charge on any atom is 0.347 e. The van der Waals surface area contributed by atoms with Crippen LogP contribution in [0.4, 0.5) is 0 Å². The highest BCUT2D eigenvalue weighted by Gasteiger charge is 2.31. The Morgan fingerprint density at radius 2 is 0.977 bits per heavy atom. The normalized spacial score (nSPS) is 13.7. The predicted molar refractivity (Wildman–Crippen MR) is 158 cm³/mol. The molecule has 0 aliphatic carbocycles. The molecular weight excluding hydrogens is 544 g/mol. The Balaban J connectivity index is 1.40. The lowest BCUT2D eigenvalue weighted by molar-refractivity contribution is 0.0425. The maximum absolute atomic E-state index is 12.5. The van der Waals surface area contributed by atoms with E-state index in [1.165, 1.54) is 12.1 Å². The minimum atomic E-state index is -0.714. The summed E-state index contributed by atoms with van der Waals surface area (Å²) >= 11 is 0. The molecule has 2 aliphatic rings. The zero-order valence-electron chi connectivity index (χ0n) is 22.3. The fourth-order valence-corrected chi connectivity index (χ4v) is 5.88. The molecule has 0 bridgehead atoms. The van der Waals surface area contributed by atoms with Gasteiger partial charge in [0.25, 0.3) is 0 Å². The second-order valence-corrected chi connectivity index (χ2v) is 10.3. The van der Waals surface area contributed by atoms with Crippen LogP contribution in [0.3, 0.4) is 0 Å². The van der Waals surface area contributed by atoms with Crippen molar-refractivity contribution in [3.63, 3.8) is 0 Å². The van der Waals surface area contributed by atoms with Gasteiger partial charge in [-0.3, -0.25) is 0 Å². The van der Waals surface area contributed by atoms with Crippen LogP contribution in [-0.2, 0) is 9.47 Å². The fourth-order valence-electron chi connectivity index (χ4n) is 5.88. The van der Waals surface area contributed by atoms with Crippen molar-refractivity contribution in [1.82, 2.24) is 0 Å². The summed E-state index contributed by atoms with van der Waals surface area (Å²) in [6.45, 7) is 0. The monoisotopic (exact) mass is 562 g/mol. The number of hydrogen-bond acceptors (Lipinski definition) is 7. The summed E-state index contributed by atoms with van der Waals surface area (Å²) in [6, 6.07) is 33.5. The summed E-state index contributed by atoms with van der Waals surface area (Å²) in [7, 11) is 0. The van der Waals surface area contributed by atoms with Gasteiger partial charge in [-0.2, -0.15) is 0 Å². The molecular formula is C36H18O7. The van der Waals surface area contributed by atoms with Crippen molar-refractivity contribution in [1.29, 1.82) is 0 Å². The molecule has 2 aliphatic heterocycles. The highest BCUT2D eigenvalue weighted by Crippen LogP contribution is 2.47. The summed E-state index contributed by atoms with van der Waals surface area (Å²) < 4.78 is 16.1. The molecule has 204 valence electrons. The van der Waals surface area contributed by atoms with Gasteiger partial charge in [0.1, 0.15) is 11.5 Å². The first kappa shape index (κ1) is 24.7. The number of cyclic esters (lactones) is 4. The van der Waals surface area contributed by atoms with E-state index in [0.717, 1.165) is 43.8 Å². The van der Waals surface area contributed by atoms with E-state index in [1.54, 1.807) is 24.3 Å². The van der Waals surface area contributed by atoms with Gasteiger partial charge in [-0.05, 0) is 69.1 Å². The zero-order chi connectivity index (χ0) is 29.2. The molecule has 0 N–H and O–H groups in total. The lowest BCUT2D eigenvalue weighted by Crippen LogP contribution is -1.97. The minimum absolute atomic E-state index is 0.148. The molecule has 0 amide bonds. The standard InChI is InChI=1S/C36H18O7/c37-33-26-14-10-21(17-28(26)35(39)42-33)25-13-9-19-5-1-3-7-23(19)31(25)32-24-8-4-2-6-20(24)11-16-30(32)41-22-12-15-27-29(18-22)36(40)43-34(27)38/h1-18H. The SMILES string of the molecule is O=C1OC(=O)c2cc(Oc3ccc4ccccc4c3-c3c(-c4ccc5c(c4)C(=O)OC5=O)ccc4ccccc34)ccc21. The molecule has 7 nitrogen and oxygen atoms in total. The quantitative estimate of drug-likeness (QED) is 0.160. The van der Waals surface area contributed by atoms with Crippen molar-refractivity contribution in [3.05, 3.63) is 131 Å². The van der Waals surface area contributed by atoms with Crippen LogP contribution in [0.5, 0.6) is 11.5 Å². The molecule has 43 heavy (non-hydrogen) atoms. The van der Waals surface area contributed by atoms with Gasteiger partial charge in [0.2, 0.25) is 0 Å². The third-order valence-electron chi connectivity index (χ3n) is 7.87. The van der Waals surface area contributed by atoms with Crippen LogP contribution in [0.1, 0.15) is 41.4 Å². The van der Waals surface area contributed by atoms with Crippen LogP contribution in [-0.4, -0.2) is 23.9 Å². The third kappa shape index (κ3) is 3.83. The topological polar surface area (TPSA) is 96.0 Å². The Bertz CT molecular complexity index is 2250. The van der Waals surface area contributed by atoms with Crippen LogP contribution < -0.4 is 4.74 Å². The zero-order valence-corrected chi connectivity index (χ0v) is 22.3. The molecule has 8 rings (SSSR count). The van der Waals surface area contributed by atoms with Crippen LogP contribution in [0.2, 0.25) is 0 Å². The van der Waals surface area contributed by atoms with Crippen LogP contribution >= 0.6 is 0 Å². The number of benzene rings is 6. The molecule has 6 aromatic carbocycles. The largest absolute Gasteiger partial charge is 0.457 e. The maximum atomic E-state index is 12.5. The van der Waals surface area contributed by atoms with Gasteiger partial charge in [-0.15, -0.1) is 0 Å². The van der Waals surface area contributed by atoms with Gasteiger partial charge in [0.05, 0.1) is 22.3 Å². The number of fused-ring (bicyclic) bond motifs is 4. The minimum Gasteiger partial charge on any atom is -0.457 e. The van der Waals surface area contributed by atoms with Gasteiger partial charge >= 0.3 is 23.9 Å². The molecule has 7 heteroatoms. The van der Waals surface area contributed by atoms with E-state index in [-0.39, 0.29) is 22.3 Å². The molecule has 0 atom stereocenters. The Morgan fingerprint density at radius 3 is 1.67 bits per heavy atom. The van der Waals surface area contributed by atoms with Gasteiger partial charge in [-0.1, -0.05) is 72.8 Å². The van der Waals surface area contributed by atoms with E-state index in [1.807, 2.05) is 72.8 Å². The second-order valence-electron chi connectivity index (χ2n) is 10.3. The van der Waals surface area contributed by atoms with Crippen molar-refractivity contribution in [2.24, 2.45) is 0 Å². The van der Waals surface area contributed by atoms with Crippen molar-refractivity contribution >= 4 is 45.4 Å². The number of ether oxygens (including phenoxy) is 3. The number of carbonyl (C=O) groups is 4. The molecule has 0 fully saturated rings. The van der Waals surface area contributed by atoms with E-state index in [4.69, 9.17) is 14.2 Å². The first-order valence-corrected chi connectivity index (χ1v) is 13.5. The molecule has 0 unspecified atom stereocenters. The molecule has 2 heterocycles. The van der Waals surface area contributed by atoms with E-state index in [9.17, 15) is 19.2 Å². The number of rotatable bonds is 4. The Kier molecular flexibility index (Phi) is 5.30. The number of hydrogen-bond donors (Lipinski definition) is 0. The van der Waals surface area contributed by atoms with Gasteiger partial charge in [0, 0.05) is 11.1 Å². The summed E-state index contributed by atoms with van der Waals surface area (Å²) in [6.07, 6.45) is 0. The van der Waals surface area contributed by atoms with Crippen molar-refractivity contribution in [2.75, 3.05) is 0 Å². The van der Waals surface area contributed by atoms with Gasteiger partial charge in [-0.25, -0.2) is 19.2 Å². The summed E-state index contributed by atoms with van der Waals surface area (Å²) in [5, 5.41) is 3.84. The highest BCUT2D eigenvalue weighted by molar-refractivity contribution is 6.17. The molecule has 6 aromatic rings. The second kappa shape index (κ2) is 9.22. The van der Waals surface area contributed by atoms with Crippen LogP contribution in [0.15, 0.2) is 109 Å². The molecule has 0 aromatic heterocycles. The summed E-state index contributed by atoms with van der Waals surface area (Å²) in [4.78, 5) is 48.9. The molecule has 0 saturated carbocycles. The number of carbonyl (C=O) groups excluding carboxylic acids is 4. The lowest BCUT2D eigenvalue weighted by Gasteiger charge is -2.20. The average Bonchev–Trinajstić information content (AvgIpc) is 3.48. The summed E-state index contributed by atoms with van der Waals surface area (Å²) in [5.41, 5.74) is 3.99. The first-order chi connectivity index (χ1) is 21.0. The van der Waals surface area contributed by atoms with E-state index >= 15 is 0 Å². The van der Waals surface area contributed by atoms with Crippen molar-refractivity contribution in [3.8, 4) is 33.8 Å². The Hall–Kier alpha value is -6.08. The Morgan fingerprint density at radius 1 is 0.442 bits per heavy atom. The van der Waals surface area contributed by atoms with E-state index in [2.05, 4.69) is 0 Å².